The first-order valence-electron chi connectivity index (χ1n) is 9.42. The number of hydrogen-bond donors (Lipinski definition) is 2. The van der Waals surface area contributed by atoms with Crippen LogP contribution in [0.3, 0.4) is 0 Å². The molecule has 1 fully saturated rings. The van der Waals surface area contributed by atoms with Gasteiger partial charge in [-0.1, -0.05) is 19.1 Å². The maximum Gasteiger partial charge on any atom is 0.394 e. The second-order valence-electron chi connectivity index (χ2n) is 7.57. The smallest absolute Gasteiger partial charge is 0.394 e. The summed E-state index contributed by atoms with van der Waals surface area (Å²) in [7, 11) is -4.67. The number of aromatic nitrogens is 3. The van der Waals surface area contributed by atoms with Gasteiger partial charge < -0.3 is 9.30 Å². The summed E-state index contributed by atoms with van der Waals surface area (Å²) >= 11 is 0. The van der Waals surface area contributed by atoms with Crippen molar-refractivity contribution < 1.29 is 26.7 Å². The molecule has 0 unspecified atom stereocenters. The molecule has 0 bridgehead atoms. The molecule has 3 aromatic rings. The van der Waals surface area contributed by atoms with E-state index in [-0.39, 0.29) is 5.82 Å². The van der Waals surface area contributed by atoms with Crippen LogP contribution in [0.5, 0.6) is 5.88 Å². The van der Waals surface area contributed by atoms with E-state index in [0.717, 1.165) is 34.8 Å². The van der Waals surface area contributed by atoms with Crippen molar-refractivity contribution >= 4 is 21.3 Å². The Morgan fingerprint density at radius 2 is 1.83 bits per heavy atom. The minimum absolute atomic E-state index is 0.246. The van der Waals surface area contributed by atoms with Crippen molar-refractivity contribution in [1.82, 2.24) is 14.8 Å². The summed E-state index contributed by atoms with van der Waals surface area (Å²) in [5.74, 6) is 1.82. The molecular formula is C20H24FN3O5S. The molecule has 2 N–H and O–H groups in total. The van der Waals surface area contributed by atoms with E-state index in [1.165, 1.54) is 29.8 Å². The Kier molecular flexibility index (Phi) is 6.39. The van der Waals surface area contributed by atoms with Gasteiger partial charge in [-0.15, -0.1) is 5.10 Å². The van der Waals surface area contributed by atoms with Gasteiger partial charge in [-0.05, 0) is 55.4 Å². The van der Waals surface area contributed by atoms with Crippen molar-refractivity contribution in [3.63, 3.8) is 0 Å². The van der Waals surface area contributed by atoms with E-state index in [4.69, 9.17) is 22.3 Å². The Labute approximate surface area is 174 Å². The average molecular weight is 437 g/mol. The minimum Gasteiger partial charge on any atom is -0.470 e. The lowest BCUT2D eigenvalue weighted by atomic mass is 10.2. The van der Waals surface area contributed by atoms with Crippen LogP contribution in [0.25, 0.3) is 10.9 Å². The van der Waals surface area contributed by atoms with Crippen LogP contribution in [0, 0.1) is 31.5 Å². The molecule has 8 nitrogen and oxygen atoms in total. The summed E-state index contributed by atoms with van der Waals surface area (Å²) in [6.07, 6.45) is 3.09. The van der Waals surface area contributed by atoms with Gasteiger partial charge in [0.25, 0.3) is 5.88 Å². The predicted octanol–water partition coefficient (Wildman–Crippen LogP) is 3.77. The standard InChI is InChI=1S/C20H22FN3O.H2O4S/c1-12-8-16(12)10-24-14(3)13(2)18-9-22-23-20(19(18)24)25-11-15-4-6-17(21)7-5-15;1-5(2,3)4/h4-7,9,12,16H,8,10-11H2,1-3H3;(H2,1,2,3,4)/t12-,16+;/m0./s1. The van der Waals surface area contributed by atoms with Crippen LogP contribution in [-0.2, 0) is 23.6 Å². The van der Waals surface area contributed by atoms with Gasteiger partial charge in [-0.3, -0.25) is 9.11 Å². The van der Waals surface area contributed by atoms with Crippen LogP contribution in [0.2, 0.25) is 0 Å². The molecule has 2 heterocycles. The Morgan fingerprint density at radius 1 is 1.23 bits per heavy atom. The number of ether oxygens (including phenoxy) is 1. The zero-order valence-electron chi connectivity index (χ0n) is 16.9. The number of rotatable bonds is 5. The van der Waals surface area contributed by atoms with Crippen LogP contribution in [0.1, 0.15) is 30.2 Å². The zero-order valence-corrected chi connectivity index (χ0v) is 17.7. The lowest BCUT2D eigenvalue weighted by Crippen LogP contribution is -2.06. The quantitative estimate of drug-likeness (QED) is 0.584. The van der Waals surface area contributed by atoms with Gasteiger partial charge in [-0.25, -0.2) is 4.39 Å². The number of halogens is 1. The third-order valence-corrected chi connectivity index (χ3v) is 5.40. The SMILES string of the molecule is Cc1c(C)n(C[C@H]2C[C@@H]2C)c2c(OCc3ccc(F)cc3)nncc12.O=S(=O)(O)O. The second kappa shape index (κ2) is 8.66. The summed E-state index contributed by atoms with van der Waals surface area (Å²) in [6, 6.07) is 6.33. The predicted molar refractivity (Wildman–Crippen MR) is 109 cm³/mol. The molecule has 1 saturated carbocycles. The molecule has 1 aromatic carbocycles. The number of hydrogen-bond acceptors (Lipinski definition) is 5. The second-order valence-corrected chi connectivity index (χ2v) is 8.46. The normalized spacial score (nSPS) is 18.1. The van der Waals surface area contributed by atoms with Gasteiger partial charge in [0.15, 0.2) is 0 Å². The van der Waals surface area contributed by atoms with Gasteiger partial charge in [0, 0.05) is 17.6 Å². The van der Waals surface area contributed by atoms with Crippen molar-refractivity contribution in [2.75, 3.05) is 0 Å². The highest BCUT2D eigenvalue weighted by molar-refractivity contribution is 7.79. The van der Waals surface area contributed by atoms with Crippen molar-refractivity contribution in [1.29, 1.82) is 0 Å². The fourth-order valence-electron chi connectivity index (χ4n) is 3.41. The largest absolute Gasteiger partial charge is 0.470 e. The molecule has 4 rings (SSSR count). The summed E-state index contributed by atoms with van der Waals surface area (Å²) in [5.41, 5.74) is 4.40. The molecule has 0 aliphatic heterocycles. The van der Waals surface area contributed by atoms with E-state index in [9.17, 15) is 4.39 Å². The van der Waals surface area contributed by atoms with Gasteiger partial charge in [0.05, 0.1) is 6.20 Å². The van der Waals surface area contributed by atoms with Gasteiger partial charge >= 0.3 is 10.4 Å². The van der Waals surface area contributed by atoms with Crippen LogP contribution in [0.15, 0.2) is 30.5 Å². The first kappa shape index (κ1) is 22.1. The number of benzene rings is 1. The van der Waals surface area contributed by atoms with E-state index in [0.29, 0.717) is 12.5 Å². The van der Waals surface area contributed by atoms with Crippen LogP contribution >= 0.6 is 0 Å². The Hall–Kier alpha value is -2.56. The fourth-order valence-corrected chi connectivity index (χ4v) is 3.41. The third-order valence-electron chi connectivity index (χ3n) is 5.40. The summed E-state index contributed by atoms with van der Waals surface area (Å²) in [4.78, 5) is 0. The van der Waals surface area contributed by atoms with Gasteiger partial charge in [0.2, 0.25) is 0 Å². The minimum atomic E-state index is -4.67. The molecular weight excluding hydrogens is 413 g/mol. The number of fused-ring (bicyclic) bond motifs is 1. The van der Waals surface area contributed by atoms with E-state index in [1.807, 2.05) is 6.20 Å². The van der Waals surface area contributed by atoms with Crippen LogP contribution < -0.4 is 4.74 Å². The monoisotopic (exact) mass is 437 g/mol. The van der Waals surface area contributed by atoms with Crippen molar-refractivity contribution in [2.45, 2.75) is 40.3 Å². The third kappa shape index (κ3) is 5.53. The van der Waals surface area contributed by atoms with E-state index < -0.39 is 10.4 Å². The molecule has 2 atom stereocenters. The number of aryl methyl sites for hydroxylation is 1. The van der Waals surface area contributed by atoms with E-state index in [2.05, 4.69) is 35.5 Å². The topological polar surface area (TPSA) is 115 Å². The molecule has 162 valence electrons. The number of nitrogens with zero attached hydrogens (tertiary/aromatic N) is 3. The highest BCUT2D eigenvalue weighted by Gasteiger charge is 2.34. The molecule has 10 heteroatoms. The first-order valence-corrected chi connectivity index (χ1v) is 10.8. The van der Waals surface area contributed by atoms with E-state index >= 15 is 0 Å². The average Bonchev–Trinajstić information content (AvgIpc) is 3.31. The Balaban J connectivity index is 0.000000461. The molecule has 1 aliphatic carbocycles. The van der Waals surface area contributed by atoms with Crippen molar-refractivity contribution in [3.8, 4) is 5.88 Å². The Morgan fingerprint density at radius 3 is 2.40 bits per heavy atom. The lowest BCUT2D eigenvalue weighted by molar-refractivity contribution is 0.292. The van der Waals surface area contributed by atoms with E-state index in [1.54, 1.807) is 12.1 Å². The lowest BCUT2D eigenvalue weighted by Gasteiger charge is -2.11. The highest BCUT2D eigenvalue weighted by atomic mass is 32.3. The van der Waals surface area contributed by atoms with Crippen LogP contribution in [0.4, 0.5) is 4.39 Å². The molecule has 30 heavy (non-hydrogen) atoms. The molecule has 0 radical (unpaired) electrons. The summed E-state index contributed by atoms with van der Waals surface area (Å²) < 4.78 is 52.9. The Bertz CT molecular complexity index is 1140. The molecule has 2 aromatic heterocycles. The molecule has 1 aliphatic rings. The highest BCUT2D eigenvalue weighted by Crippen LogP contribution is 2.41. The fraction of sp³-hybridized carbons (Fsp3) is 0.400. The van der Waals surface area contributed by atoms with Gasteiger partial charge in [0.1, 0.15) is 17.9 Å². The van der Waals surface area contributed by atoms with Crippen molar-refractivity contribution in [3.05, 3.63) is 53.1 Å². The summed E-state index contributed by atoms with van der Waals surface area (Å²) in [5, 5.41) is 9.44. The molecule has 0 amide bonds. The summed E-state index contributed by atoms with van der Waals surface area (Å²) in [6.45, 7) is 7.90. The van der Waals surface area contributed by atoms with Gasteiger partial charge in [-0.2, -0.15) is 13.5 Å². The van der Waals surface area contributed by atoms with Crippen LogP contribution in [-0.4, -0.2) is 32.3 Å². The zero-order chi connectivity index (χ0) is 22.1. The maximum absolute atomic E-state index is 13.1. The first-order chi connectivity index (χ1) is 14.0. The van der Waals surface area contributed by atoms with Crippen molar-refractivity contribution in [2.24, 2.45) is 11.8 Å². The molecule has 0 spiro atoms. The maximum atomic E-state index is 13.1. The molecule has 0 saturated heterocycles.